The summed E-state index contributed by atoms with van der Waals surface area (Å²) in [5.74, 6) is 0.0132. The van der Waals surface area contributed by atoms with Crippen molar-refractivity contribution in [1.29, 1.82) is 0 Å². The van der Waals surface area contributed by atoms with Gasteiger partial charge in [-0.25, -0.2) is 0 Å². The number of nitrogens with one attached hydrogen (secondary N) is 2. The summed E-state index contributed by atoms with van der Waals surface area (Å²) in [6.45, 7) is 9.75. The summed E-state index contributed by atoms with van der Waals surface area (Å²) in [5.41, 5.74) is 5.45. The molecule has 0 radical (unpaired) electrons. The third-order valence-corrected chi connectivity index (χ3v) is 6.79. The van der Waals surface area contributed by atoms with Crippen LogP contribution in [-0.2, 0) is 9.59 Å². The fraction of sp³-hybridized carbons (Fsp3) is 0.462. The number of nitrogens with zero attached hydrogens (tertiary/aromatic N) is 2. The molecule has 1 aliphatic heterocycles. The molecule has 0 atom stereocenters. The largest absolute Gasteiger partial charge is 0.324 e. The molecule has 32 heavy (non-hydrogen) atoms. The van der Waals surface area contributed by atoms with Gasteiger partial charge in [0.05, 0.1) is 6.54 Å². The summed E-state index contributed by atoms with van der Waals surface area (Å²) < 4.78 is 0. The number of amides is 2. The molecule has 3 rings (SSSR count). The van der Waals surface area contributed by atoms with Crippen LogP contribution in [0.3, 0.4) is 0 Å². The highest BCUT2D eigenvalue weighted by Crippen LogP contribution is 2.30. The van der Waals surface area contributed by atoms with Crippen molar-refractivity contribution in [2.75, 3.05) is 44.4 Å². The lowest BCUT2D eigenvalue weighted by atomic mass is 9.85. The van der Waals surface area contributed by atoms with E-state index in [0.717, 1.165) is 33.6 Å². The first-order valence-electron chi connectivity index (χ1n) is 11.3. The van der Waals surface area contributed by atoms with Crippen LogP contribution in [0, 0.1) is 27.7 Å². The zero-order chi connectivity index (χ0) is 23.5. The Balaban J connectivity index is 1.64. The van der Waals surface area contributed by atoms with E-state index in [4.69, 9.17) is 0 Å². The van der Waals surface area contributed by atoms with Crippen LogP contribution in [0.2, 0.25) is 0 Å². The predicted molar refractivity (Wildman–Crippen MR) is 131 cm³/mol. The summed E-state index contributed by atoms with van der Waals surface area (Å²) in [7, 11) is 3.93. The maximum atomic E-state index is 13.4. The van der Waals surface area contributed by atoms with E-state index in [2.05, 4.69) is 15.5 Å². The minimum atomic E-state index is -0.589. The van der Waals surface area contributed by atoms with E-state index in [-0.39, 0.29) is 11.8 Å². The van der Waals surface area contributed by atoms with Gasteiger partial charge in [0, 0.05) is 24.5 Å². The smallest absolute Gasteiger partial charge is 0.244 e. The highest BCUT2D eigenvalue weighted by molar-refractivity contribution is 5.99. The van der Waals surface area contributed by atoms with Gasteiger partial charge in [-0.15, -0.1) is 0 Å². The summed E-state index contributed by atoms with van der Waals surface area (Å²) in [5, 5.41) is 6.26. The molecule has 6 heteroatoms. The van der Waals surface area contributed by atoms with Gasteiger partial charge in [-0.2, -0.15) is 0 Å². The minimum Gasteiger partial charge on any atom is -0.324 e. The summed E-state index contributed by atoms with van der Waals surface area (Å²) in [4.78, 5) is 30.3. The standard InChI is InChI=1S/C26H36N4O2/c1-18-9-7-10-19(2)23(18)27-22(31)17-30-15-13-26(14-16-30,29(5)6)25(32)28-24-20(3)11-8-12-21(24)4/h7-12H,13-17H2,1-6H3,(H,27,31)(H,28,32). The molecule has 0 unspecified atom stereocenters. The Labute approximate surface area is 192 Å². The van der Waals surface area contributed by atoms with Gasteiger partial charge < -0.3 is 10.6 Å². The average Bonchev–Trinajstić information content (AvgIpc) is 2.74. The van der Waals surface area contributed by atoms with Crippen LogP contribution in [0.25, 0.3) is 0 Å². The number of hydrogen-bond donors (Lipinski definition) is 2. The van der Waals surface area contributed by atoms with E-state index in [1.54, 1.807) is 0 Å². The van der Waals surface area contributed by atoms with Crippen molar-refractivity contribution in [3.8, 4) is 0 Å². The lowest BCUT2D eigenvalue weighted by Crippen LogP contribution is -2.60. The van der Waals surface area contributed by atoms with Gasteiger partial charge in [-0.3, -0.25) is 19.4 Å². The second kappa shape index (κ2) is 9.84. The molecule has 1 saturated heterocycles. The van der Waals surface area contributed by atoms with E-state index in [1.807, 2.05) is 83.1 Å². The van der Waals surface area contributed by atoms with Crippen molar-refractivity contribution in [3.63, 3.8) is 0 Å². The number of anilines is 2. The van der Waals surface area contributed by atoms with Crippen LogP contribution < -0.4 is 10.6 Å². The number of piperidine rings is 1. The number of hydrogen-bond acceptors (Lipinski definition) is 4. The number of benzene rings is 2. The van der Waals surface area contributed by atoms with E-state index in [0.29, 0.717) is 32.5 Å². The predicted octanol–water partition coefficient (Wildman–Crippen LogP) is 3.89. The Bertz CT molecular complexity index is 951. The van der Waals surface area contributed by atoms with E-state index >= 15 is 0 Å². The van der Waals surface area contributed by atoms with Gasteiger partial charge in [0.25, 0.3) is 0 Å². The molecule has 1 aliphatic rings. The molecular formula is C26H36N4O2. The van der Waals surface area contributed by atoms with Gasteiger partial charge >= 0.3 is 0 Å². The molecule has 0 bridgehead atoms. The number of likely N-dealkylation sites (N-methyl/N-ethyl adjacent to an activating group) is 1. The van der Waals surface area contributed by atoms with E-state index in [1.165, 1.54) is 0 Å². The van der Waals surface area contributed by atoms with Crippen LogP contribution >= 0.6 is 0 Å². The van der Waals surface area contributed by atoms with Crippen molar-refractivity contribution in [3.05, 3.63) is 58.7 Å². The second-order valence-corrected chi connectivity index (χ2v) is 9.24. The highest BCUT2D eigenvalue weighted by Gasteiger charge is 2.43. The van der Waals surface area contributed by atoms with Crippen LogP contribution in [-0.4, -0.2) is 60.9 Å². The summed E-state index contributed by atoms with van der Waals surface area (Å²) in [6, 6.07) is 12.0. The molecule has 2 N–H and O–H groups in total. The summed E-state index contributed by atoms with van der Waals surface area (Å²) >= 11 is 0. The molecule has 2 amide bonds. The number of likely N-dealkylation sites (tertiary alicyclic amines) is 1. The molecule has 0 aromatic heterocycles. The fourth-order valence-corrected chi connectivity index (χ4v) is 4.59. The number of para-hydroxylation sites is 2. The molecule has 2 aromatic rings. The normalized spacial score (nSPS) is 16.1. The minimum absolute atomic E-state index is 0.0141. The van der Waals surface area contributed by atoms with Crippen LogP contribution in [0.5, 0.6) is 0 Å². The third kappa shape index (κ3) is 5.03. The number of carbonyl (C=O) groups is 2. The van der Waals surface area contributed by atoms with Crippen LogP contribution in [0.1, 0.15) is 35.1 Å². The topological polar surface area (TPSA) is 64.7 Å². The fourth-order valence-electron chi connectivity index (χ4n) is 4.59. The summed E-state index contributed by atoms with van der Waals surface area (Å²) in [6.07, 6.45) is 1.35. The maximum absolute atomic E-state index is 13.4. The zero-order valence-electron chi connectivity index (χ0n) is 20.2. The maximum Gasteiger partial charge on any atom is 0.244 e. The van der Waals surface area contributed by atoms with E-state index in [9.17, 15) is 9.59 Å². The monoisotopic (exact) mass is 436 g/mol. The number of carbonyl (C=O) groups excluding carboxylic acids is 2. The van der Waals surface area contributed by atoms with Gasteiger partial charge in [0.1, 0.15) is 5.54 Å². The highest BCUT2D eigenvalue weighted by atomic mass is 16.2. The Kier molecular flexibility index (Phi) is 7.36. The van der Waals surface area contributed by atoms with Crippen LogP contribution in [0.4, 0.5) is 11.4 Å². The van der Waals surface area contributed by atoms with Crippen molar-refractivity contribution >= 4 is 23.2 Å². The van der Waals surface area contributed by atoms with Gasteiger partial charge in [0.2, 0.25) is 11.8 Å². The molecule has 6 nitrogen and oxygen atoms in total. The Hall–Kier alpha value is -2.70. The van der Waals surface area contributed by atoms with Gasteiger partial charge in [0.15, 0.2) is 0 Å². The lowest BCUT2D eigenvalue weighted by molar-refractivity contribution is -0.130. The number of rotatable bonds is 6. The van der Waals surface area contributed by atoms with Crippen molar-refractivity contribution < 1.29 is 9.59 Å². The van der Waals surface area contributed by atoms with Gasteiger partial charge in [-0.05, 0) is 76.9 Å². The number of aryl methyl sites for hydroxylation is 4. The quantitative estimate of drug-likeness (QED) is 0.721. The molecular weight excluding hydrogens is 400 g/mol. The van der Waals surface area contributed by atoms with Crippen molar-refractivity contribution in [1.82, 2.24) is 9.80 Å². The van der Waals surface area contributed by atoms with Crippen molar-refractivity contribution in [2.24, 2.45) is 0 Å². The molecule has 172 valence electrons. The molecule has 0 aliphatic carbocycles. The van der Waals surface area contributed by atoms with Crippen LogP contribution in [0.15, 0.2) is 36.4 Å². The third-order valence-electron chi connectivity index (χ3n) is 6.79. The van der Waals surface area contributed by atoms with E-state index < -0.39 is 5.54 Å². The Morgan fingerprint density at radius 2 is 1.28 bits per heavy atom. The Morgan fingerprint density at radius 3 is 1.72 bits per heavy atom. The van der Waals surface area contributed by atoms with Gasteiger partial charge in [-0.1, -0.05) is 36.4 Å². The SMILES string of the molecule is Cc1cccc(C)c1NC(=O)CN1CCC(C(=O)Nc2c(C)cccc2C)(N(C)C)CC1. The molecule has 0 saturated carbocycles. The first-order valence-corrected chi connectivity index (χ1v) is 11.3. The molecule has 2 aromatic carbocycles. The van der Waals surface area contributed by atoms with Crippen molar-refractivity contribution in [2.45, 2.75) is 46.1 Å². The first kappa shape index (κ1) is 24.0. The lowest BCUT2D eigenvalue weighted by Gasteiger charge is -2.44. The second-order valence-electron chi connectivity index (χ2n) is 9.24. The Morgan fingerprint density at radius 1 is 0.844 bits per heavy atom. The zero-order valence-corrected chi connectivity index (χ0v) is 20.2. The molecule has 1 fully saturated rings. The first-order chi connectivity index (χ1) is 15.1. The molecule has 0 spiro atoms. The average molecular weight is 437 g/mol. The molecule has 1 heterocycles.